The summed E-state index contributed by atoms with van der Waals surface area (Å²) >= 11 is 0. The second kappa shape index (κ2) is 7.14. The van der Waals surface area contributed by atoms with Gasteiger partial charge in [-0.15, -0.1) is 0 Å². The van der Waals surface area contributed by atoms with Crippen LogP contribution in [0.15, 0.2) is 12.1 Å². The lowest BCUT2D eigenvalue weighted by atomic mass is 9.96. The lowest BCUT2D eigenvalue weighted by Gasteiger charge is -2.28. The summed E-state index contributed by atoms with van der Waals surface area (Å²) in [6, 6.07) is 2.36. The summed E-state index contributed by atoms with van der Waals surface area (Å²) in [5.41, 5.74) is -0.664. The number of hydrogen-bond donors (Lipinski definition) is 2. The Hall–Kier alpha value is -2.51. The van der Waals surface area contributed by atoms with Crippen LogP contribution in [0.1, 0.15) is 50.4 Å². The van der Waals surface area contributed by atoms with Crippen molar-refractivity contribution in [1.29, 1.82) is 0 Å². The van der Waals surface area contributed by atoms with E-state index in [9.17, 15) is 19.1 Å². The summed E-state index contributed by atoms with van der Waals surface area (Å²) in [7, 11) is 1.33. The minimum Gasteiger partial charge on any atom is -0.492 e. The van der Waals surface area contributed by atoms with E-state index in [0.29, 0.717) is 13.1 Å². The molecule has 2 fully saturated rings. The molecule has 0 spiro atoms. The topological polar surface area (TPSA) is 88.1 Å². The Bertz CT molecular complexity index is 786. The Kier molecular flexibility index (Phi) is 5.16. The molecule has 1 saturated carbocycles. The molecule has 2 aliphatic rings. The fourth-order valence-corrected chi connectivity index (χ4v) is 3.92. The molecular weight excluding hydrogens is 367 g/mol. The van der Waals surface area contributed by atoms with Gasteiger partial charge in [0.2, 0.25) is 0 Å². The van der Waals surface area contributed by atoms with Crippen molar-refractivity contribution in [3.8, 4) is 5.75 Å². The zero-order valence-electron chi connectivity index (χ0n) is 16.7. The molecular formula is C20H27FN2O5. The van der Waals surface area contributed by atoms with Gasteiger partial charge >= 0.3 is 12.1 Å². The molecule has 1 aromatic rings. The van der Waals surface area contributed by atoms with Crippen molar-refractivity contribution in [2.45, 2.75) is 51.2 Å². The first kappa shape index (κ1) is 20.2. The average molecular weight is 394 g/mol. The molecule has 3 rings (SSSR count). The first-order valence-corrected chi connectivity index (χ1v) is 9.42. The Morgan fingerprint density at radius 2 is 2.00 bits per heavy atom. The number of hydrogen-bond acceptors (Lipinski definition) is 5. The third-order valence-corrected chi connectivity index (χ3v) is 5.34. The van der Waals surface area contributed by atoms with Crippen LogP contribution in [-0.4, -0.2) is 48.5 Å². The van der Waals surface area contributed by atoms with Gasteiger partial charge in [-0.3, -0.25) is 0 Å². The molecule has 2 N–H and O–H groups in total. The quantitative estimate of drug-likeness (QED) is 0.796. The molecule has 154 valence electrons. The van der Waals surface area contributed by atoms with E-state index in [4.69, 9.17) is 9.47 Å². The number of amides is 1. The molecule has 0 aromatic heterocycles. The maximum absolute atomic E-state index is 14.2. The number of benzene rings is 1. The van der Waals surface area contributed by atoms with E-state index in [1.165, 1.54) is 13.2 Å². The fraction of sp³-hybridized carbons (Fsp3) is 0.600. The number of anilines is 1. The highest BCUT2D eigenvalue weighted by Gasteiger charge is 2.53. The molecule has 1 aliphatic carbocycles. The second-order valence-corrected chi connectivity index (χ2v) is 8.50. The van der Waals surface area contributed by atoms with Crippen molar-refractivity contribution in [3.63, 3.8) is 0 Å². The number of aromatic carboxylic acids is 1. The van der Waals surface area contributed by atoms with Crippen LogP contribution in [0.2, 0.25) is 0 Å². The summed E-state index contributed by atoms with van der Waals surface area (Å²) in [5.74, 6) is -1.68. The lowest BCUT2D eigenvalue weighted by molar-refractivity contribution is 0.0477. The van der Waals surface area contributed by atoms with Crippen LogP contribution in [0.25, 0.3) is 0 Å². The Morgan fingerprint density at radius 1 is 1.32 bits per heavy atom. The van der Waals surface area contributed by atoms with Gasteiger partial charge in [-0.05, 0) is 52.2 Å². The van der Waals surface area contributed by atoms with Gasteiger partial charge in [0.15, 0.2) is 11.6 Å². The van der Waals surface area contributed by atoms with Gasteiger partial charge in [-0.25, -0.2) is 14.0 Å². The Balaban J connectivity index is 1.79. The third kappa shape index (κ3) is 4.00. The zero-order valence-corrected chi connectivity index (χ0v) is 16.7. The van der Waals surface area contributed by atoms with Crippen LogP contribution < -0.4 is 15.0 Å². The molecule has 8 heteroatoms. The maximum Gasteiger partial charge on any atom is 0.408 e. The first-order valence-electron chi connectivity index (χ1n) is 9.42. The first-order chi connectivity index (χ1) is 13.1. The van der Waals surface area contributed by atoms with Gasteiger partial charge in [0.25, 0.3) is 0 Å². The highest BCUT2D eigenvalue weighted by Crippen LogP contribution is 2.48. The van der Waals surface area contributed by atoms with Crippen LogP contribution in [0.5, 0.6) is 5.75 Å². The number of rotatable bonds is 5. The summed E-state index contributed by atoms with van der Waals surface area (Å²) < 4.78 is 24.7. The third-order valence-electron chi connectivity index (χ3n) is 5.34. The fourth-order valence-electron chi connectivity index (χ4n) is 3.92. The van der Waals surface area contributed by atoms with Gasteiger partial charge in [-0.2, -0.15) is 0 Å². The van der Waals surface area contributed by atoms with Gasteiger partial charge in [0, 0.05) is 24.5 Å². The Morgan fingerprint density at radius 3 is 2.54 bits per heavy atom. The van der Waals surface area contributed by atoms with Crippen molar-refractivity contribution >= 4 is 17.7 Å². The molecule has 1 aromatic carbocycles. The second-order valence-electron chi connectivity index (χ2n) is 8.50. The van der Waals surface area contributed by atoms with Gasteiger partial charge in [-0.1, -0.05) is 0 Å². The molecule has 1 atom stereocenters. The number of carboxylic acid groups (broad SMARTS) is 1. The highest BCUT2D eigenvalue weighted by atomic mass is 19.1. The standard InChI is InChI=1S/C20H27FN2O5/c1-19(2,3)28-18(26)22-20(8-9-20)12-7-10-23(11-12)15-13(17(24)25)5-6-14(21)16(15)27-4/h5-6,12H,7-11H2,1-4H3,(H,22,26)(H,24,25)/t12-/m1/s1. The van der Waals surface area contributed by atoms with Crippen molar-refractivity contribution < 1.29 is 28.6 Å². The number of alkyl carbamates (subject to hydrolysis) is 1. The van der Waals surface area contributed by atoms with Crippen LogP contribution in [-0.2, 0) is 4.74 Å². The molecule has 1 heterocycles. The number of halogens is 1. The number of ether oxygens (including phenoxy) is 2. The van der Waals surface area contributed by atoms with E-state index < -0.39 is 23.5 Å². The predicted molar refractivity (Wildman–Crippen MR) is 102 cm³/mol. The maximum atomic E-state index is 14.2. The van der Waals surface area contributed by atoms with E-state index in [1.807, 2.05) is 25.7 Å². The number of carbonyl (C=O) groups is 2. The number of nitrogens with one attached hydrogen (secondary N) is 1. The Labute approximate surface area is 163 Å². The summed E-state index contributed by atoms with van der Waals surface area (Å²) in [4.78, 5) is 25.7. The molecule has 1 aliphatic heterocycles. The summed E-state index contributed by atoms with van der Waals surface area (Å²) in [5, 5.41) is 12.5. The van der Waals surface area contributed by atoms with Crippen LogP contribution >= 0.6 is 0 Å². The van der Waals surface area contributed by atoms with Crippen molar-refractivity contribution in [2.75, 3.05) is 25.1 Å². The molecule has 0 radical (unpaired) electrons. The van der Waals surface area contributed by atoms with Crippen LogP contribution in [0.3, 0.4) is 0 Å². The number of methoxy groups -OCH3 is 1. The highest BCUT2D eigenvalue weighted by molar-refractivity contribution is 5.96. The minimum absolute atomic E-state index is 0.00356. The summed E-state index contributed by atoms with van der Waals surface area (Å²) in [6.45, 7) is 6.51. The number of nitrogens with zero attached hydrogens (tertiary/aromatic N) is 1. The number of carbonyl (C=O) groups excluding carboxylic acids is 1. The SMILES string of the molecule is COc1c(F)ccc(C(=O)O)c1N1CC[C@@H](C2(NC(=O)OC(C)(C)C)CC2)C1. The normalized spacial score (nSPS) is 20.6. The zero-order chi connectivity index (χ0) is 20.7. The molecule has 7 nitrogen and oxygen atoms in total. The van der Waals surface area contributed by atoms with Crippen molar-refractivity contribution in [1.82, 2.24) is 5.32 Å². The smallest absolute Gasteiger partial charge is 0.408 e. The van der Waals surface area contributed by atoms with Crippen LogP contribution in [0, 0.1) is 11.7 Å². The molecule has 0 bridgehead atoms. The molecule has 1 amide bonds. The van der Waals surface area contributed by atoms with Gasteiger partial charge < -0.3 is 24.8 Å². The van der Waals surface area contributed by atoms with E-state index in [2.05, 4.69) is 5.32 Å². The van der Waals surface area contributed by atoms with E-state index >= 15 is 0 Å². The molecule has 0 unspecified atom stereocenters. The van der Waals surface area contributed by atoms with Gasteiger partial charge in [0.1, 0.15) is 5.60 Å². The minimum atomic E-state index is -1.13. The molecule has 28 heavy (non-hydrogen) atoms. The van der Waals surface area contributed by atoms with E-state index in [0.717, 1.165) is 25.3 Å². The lowest BCUT2D eigenvalue weighted by Crippen LogP contribution is -2.45. The van der Waals surface area contributed by atoms with Gasteiger partial charge in [0.05, 0.1) is 18.4 Å². The van der Waals surface area contributed by atoms with E-state index in [-0.39, 0.29) is 28.5 Å². The van der Waals surface area contributed by atoms with Crippen molar-refractivity contribution in [2.24, 2.45) is 5.92 Å². The number of carboxylic acids is 1. The average Bonchev–Trinajstić information content (AvgIpc) is 3.17. The monoisotopic (exact) mass is 394 g/mol. The molecule has 1 saturated heterocycles. The predicted octanol–water partition coefficient (Wildman–Crippen LogP) is 3.42. The van der Waals surface area contributed by atoms with E-state index in [1.54, 1.807) is 0 Å². The van der Waals surface area contributed by atoms with Crippen molar-refractivity contribution in [3.05, 3.63) is 23.5 Å². The van der Waals surface area contributed by atoms with Crippen LogP contribution in [0.4, 0.5) is 14.9 Å². The largest absolute Gasteiger partial charge is 0.492 e. The summed E-state index contributed by atoms with van der Waals surface area (Å²) in [6.07, 6.45) is 2.00.